The van der Waals surface area contributed by atoms with Gasteiger partial charge in [0.15, 0.2) is 0 Å². The summed E-state index contributed by atoms with van der Waals surface area (Å²) in [6.45, 7) is 3.37. The molecule has 0 aromatic carbocycles. The summed E-state index contributed by atoms with van der Waals surface area (Å²) in [7, 11) is 0. The summed E-state index contributed by atoms with van der Waals surface area (Å²) in [5.74, 6) is 4.28. The maximum atomic E-state index is 13.1. The number of ether oxygens (including phenoxy) is 3. The van der Waals surface area contributed by atoms with Gasteiger partial charge in [0, 0.05) is 25.4 Å². The minimum Gasteiger partial charge on any atom is -0.462 e. The Hall–Kier alpha value is -1.79. The number of hydrogen-bond acceptors (Lipinski definition) is 6. The van der Waals surface area contributed by atoms with Gasteiger partial charge >= 0.3 is 18.0 Å². The van der Waals surface area contributed by atoms with Gasteiger partial charge in [0.25, 0.3) is 0 Å². The number of hydrogen-bond donors (Lipinski definition) is 0. The predicted molar refractivity (Wildman–Crippen MR) is 118 cm³/mol. The molecular formula is C26H37NO6. The van der Waals surface area contributed by atoms with E-state index in [1.54, 1.807) is 4.90 Å². The molecule has 6 aliphatic rings. The van der Waals surface area contributed by atoms with Crippen molar-refractivity contribution in [3.05, 3.63) is 0 Å². The number of piperidine rings is 1. The fourth-order valence-corrected chi connectivity index (χ4v) is 8.59. The Kier molecular flexibility index (Phi) is 5.37. The van der Waals surface area contributed by atoms with Crippen LogP contribution in [0.1, 0.15) is 71.1 Å². The zero-order valence-corrected chi connectivity index (χ0v) is 19.7. The number of esters is 2. The Balaban J connectivity index is 0.976. The normalized spacial score (nSPS) is 43.6. The molecule has 1 amide bonds. The van der Waals surface area contributed by atoms with Crippen molar-refractivity contribution in [3.8, 4) is 0 Å². The van der Waals surface area contributed by atoms with E-state index in [2.05, 4.69) is 6.92 Å². The molecule has 6 fully saturated rings. The summed E-state index contributed by atoms with van der Waals surface area (Å²) >= 11 is 0. The number of cyclic esters (lactones) is 1. The summed E-state index contributed by atoms with van der Waals surface area (Å²) in [4.78, 5) is 38.7. The lowest BCUT2D eigenvalue weighted by molar-refractivity contribution is -0.269. The first kappa shape index (κ1) is 21.7. The third-order valence-electron chi connectivity index (χ3n) is 10.2. The highest BCUT2D eigenvalue weighted by atomic mass is 16.6. The second kappa shape index (κ2) is 8.16. The van der Waals surface area contributed by atoms with E-state index in [1.807, 2.05) is 0 Å². The molecule has 7 heteroatoms. The van der Waals surface area contributed by atoms with E-state index in [-0.39, 0.29) is 42.3 Å². The SMILES string of the molecule is CCC1(OC(=O)N2CCC(C(=O)OCC3CCCC(=O)O3)CC2)CC2C3C4CCC(C4)C3C21. The number of carbonyl (C=O) groups is 3. The molecule has 2 bridgehead atoms. The molecule has 2 saturated heterocycles. The van der Waals surface area contributed by atoms with Crippen LogP contribution in [0.3, 0.4) is 0 Å². The number of likely N-dealkylation sites (tertiary alicyclic amines) is 1. The van der Waals surface area contributed by atoms with E-state index < -0.39 is 0 Å². The van der Waals surface area contributed by atoms with Gasteiger partial charge in [-0.15, -0.1) is 0 Å². The third-order valence-corrected chi connectivity index (χ3v) is 10.2. The smallest absolute Gasteiger partial charge is 0.410 e. The summed E-state index contributed by atoms with van der Waals surface area (Å²) in [6.07, 6.45) is 8.85. The molecule has 182 valence electrons. The highest BCUT2D eigenvalue weighted by molar-refractivity contribution is 5.74. The molecule has 0 N–H and O–H groups in total. The van der Waals surface area contributed by atoms with Gasteiger partial charge in [0.05, 0.1) is 5.92 Å². The Morgan fingerprint density at radius 1 is 1.09 bits per heavy atom. The Bertz CT molecular complexity index is 822. The second-order valence-electron chi connectivity index (χ2n) is 11.6. The van der Waals surface area contributed by atoms with Crippen molar-refractivity contribution < 1.29 is 28.6 Å². The van der Waals surface area contributed by atoms with Crippen molar-refractivity contribution in [1.29, 1.82) is 0 Å². The average Bonchev–Trinajstić information content (AvgIpc) is 3.39. The van der Waals surface area contributed by atoms with Gasteiger partial charge in [-0.1, -0.05) is 6.92 Å². The van der Waals surface area contributed by atoms with Gasteiger partial charge in [-0.05, 0) is 87.4 Å². The first-order chi connectivity index (χ1) is 16.0. The summed E-state index contributed by atoms with van der Waals surface area (Å²) < 4.78 is 16.9. The molecule has 33 heavy (non-hydrogen) atoms. The maximum Gasteiger partial charge on any atom is 0.410 e. The third kappa shape index (κ3) is 3.47. The molecule has 6 rings (SSSR count). The molecule has 2 aliphatic heterocycles. The number of carbonyl (C=O) groups excluding carboxylic acids is 3. The quantitative estimate of drug-likeness (QED) is 0.458. The van der Waals surface area contributed by atoms with E-state index in [4.69, 9.17) is 14.2 Å². The van der Waals surface area contributed by atoms with E-state index in [1.165, 1.54) is 19.3 Å². The highest BCUT2D eigenvalue weighted by Crippen LogP contribution is 2.76. The minimum atomic E-state index is -0.317. The molecule has 8 atom stereocenters. The van der Waals surface area contributed by atoms with E-state index >= 15 is 0 Å². The van der Waals surface area contributed by atoms with Crippen LogP contribution in [-0.2, 0) is 23.8 Å². The molecule has 8 unspecified atom stereocenters. The molecule has 7 nitrogen and oxygen atoms in total. The largest absolute Gasteiger partial charge is 0.462 e. The van der Waals surface area contributed by atoms with Gasteiger partial charge in [0.2, 0.25) is 0 Å². The Morgan fingerprint density at radius 3 is 2.58 bits per heavy atom. The van der Waals surface area contributed by atoms with Gasteiger partial charge in [0.1, 0.15) is 18.3 Å². The van der Waals surface area contributed by atoms with Crippen LogP contribution in [0.4, 0.5) is 4.79 Å². The number of fused-ring (bicyclic) bond motifs is 8. The van der Waals surface area contributed by atoms with Crippen LogP contribution in [0.2, 0.25) is 0 Å². The van der Waals surface area contributed by atoms with Crippen molar-refractivity contribution in [1.82, 2.24) is 4.90 Å². The number of amides is 1. The van der Waals surface area contributed by atoms with Crippen molar-refractivity contribution >= 4 is 18.0 Å². The van der Waals surface area contributed by atoms with E-state index in [0.29, 0.717) is 38.3 Å². The molecular weight excluding hydrogens is 422 g/mol. The second-order valence-corrected chi connectivity index (χ2v) is 11.6. The molecule has 0 aromatic rings. The fourth-order valence-electron chi connectivity index (χ4n) is 8.59. The van der Waals surface area contributed by atoms with Crippen molar-refractivity contribution in [2.75, 3.05) is 19.7 Å². The van der Waals surface area contributed by atoms with Crippen LogP contribution >= 0.6 is 0 Å². The van der Waals surface area contributed by atoms with E-state index in [9.17, 15) is 14.4 Å². The number of rotatable bonds is 5. The Morgan fingerprint density at radius 2 is 1.85 bits per heavy atom. The van der Waals surface area contributed by atoms with Gasteiger partial charge in [-0.2, -0.15) is 0 Å². The van der Waals surface area contributed by atoms with Crippen LogP contribution in [-0.4, -0.2) is 54.3 Å². The summed E-state index contributed by atoms with van der Waals surface area (Å²) in [6, 6.07) is 0. The maximum absolute atomic E-state index is 13.1. The predicted octanol–water partition coefficient (Wildman–Crippen LogP) is 3.93. The fraction of sp³-hybridized carbons (Fsp3) is 0.885. The molecule has 4 aliphatic carbocycles. The first-order valence-electron chi connectivity index (χ1n) is 13.3. The molecule has 0 spiro atoms. The topological polar surface area (TPSA) is 82.1 Å². The minimum absolute atomic E-state index is 0.137. The Labute approximate surface area is 195 Å². The highest BCUT2D eigenvalue weighted by Gasteiger charge is 2.74. The van der Waals surface area contributed by atoms with Gasteiger partial charge in [-0.25, -0.2) is 4.79 Å². The summed E-state index contributed by atoms with van der Waals surface area (Å²) in [5, 5.41) is 0. The van der Waals surface area contributed by atoms with Crippen molar-refractivity contribution in [2.24, 2.45) is 41.4 Å². The van der Waals surface area contributed by atoms with E-state index in [0.717, 1.165) is 55.3 Å². The standard InChI is InChI=1S/C26H37NO6/c1-2-26(13-19-21-16-6-7-17(12-16)22(21)23(19)26)33-25(30)27-10-8-15(9-11-27)24(29)31-14-18-4-3-5-20(28)32-18/h15-19,21-23H,2-14H2,1H3. The zero-order chi connectivity index (χ0) is 22.7. The van der Waals surface area contributed by atoms with Gasteiger partial charge in [-0.3, -0.25) is 9.59 Å². The summed E-state index contributed by atoms with van der Waals surface area (Å²) in [5.41, 5.74) is -0.249. The lowest BCUT2D eigenvalue weighted by Gasteiger charge is -2.69. The molecule has 0 radical (unpaired) electrons. The molecule has 0 aromatic heterocycles. The first-order valence-corrected chi connectivity index (χ1v) is 13.3. The van der Waals surface area contributed by atoms with Crippen LogP contribution in [0.5, 0.6) is 0 Å². The van der Waals surface area contributed by atoms with Crippen molar-refractivity contribution in [3.63, 3.8) is 0 Å². The lowest BCUT2D eigenvalue weighted by Crippen LogP contribution is -2.71. The monoisotopic (exact) mass is 459 g/mol. The zero-order valence-electron chi connectivity index (χ0n) is 19.7. The number of nitrogens with zero attached hydrogens (tertiary/aromatic N) is 1. The lowest BCUT2D eigenvalue weighted by atomic mass is 9.37. The molecule has 4 saturated carbocycles. The van der Waals surface area contributed by atoms with Crippen LogP contribution < -0.4 is 0 Å². The van der Waals surface area contributed by atoms with Crippen LogP contribution in [0, 0.1) is 41.4 Å². The molecule has 2 heterocycles. The van der Waals surface area contributed by atoms with Crippen LogP contribution in [0.25, 0.3) is 0 Å². The average molecular weight is 460 g/mol. The van der Waals surface area contributed by atoms with Crippen LogP contribution in [0.15, 0.2) is 0 Å². The van der Waals surface area contributed by atoms with Crippen molar-refractivity contribution in [2.45, 2.75) is 82.8 Å². The van der Waals surface area contributed by atoms with Gasteiger partial charge < -0.3 is 19.1 Å².